The summed E-state index contributed by atoms with van der Waals surface area (Å²) >= 11 is 1.44. The Balaban J connectivity index is 2.28. The minimum Gasteiger partial charge on any atom is -0.494 e. The average molecular weight is 401 g/mol. The molecule has 1 aromatic heterocycles. The number of anilines is 1. The van der Waals surface area contributed by atoms with Crippen molar-refractivity contribution in [3.8, 4) is 5.75 Å². The minimum atomic E-state index is -0.650. The fourth-order valence-corrected chi connectivity index (χ4v) is 3.93. The molecule has 1 aliphatic rings. The Hall–Kier alpha value is -2.74. The molecule has 0 bridgehead atoms. The largest absolute Gasteiger partial charge is 0.494 e. The molecule has 2 aromatic rings. The van der Waals surface area contributed by atoms with Gasteiger partial charge in [0, 0.05) is 11.3 Å². The molecule has 0 aliphatic carbocycles. The first-order valence-electron chi connectivity index (χ1n) is 9.06. The number of fused-ring (bicyclic) bond motifs is 1. The van der Waals surface area contributed by atoms with Crippen LogP contribution in [0.1, 0.15) is 37.8 Å². The molecule has 0 spiro atoms. The van der Waals surface area contributed by atoms with Crippen LogP contribution in [0, 0.1) is 0 Å². The molecule has 0 amide bonds. The van der Waals surface area contributed by atoms with E-state index in [0.29, 0.717) is 40.2 Å². The number of hydrogen-bond donors (Lipinski definition) is 2. The van der Waals surface area contributed by atoms with Crippen LogP contribution < -0.4 is 15.6 Å². The first kappa shape index (κ1) is 20.0. The highest BCUT2D eigenvalue weighted by molar-refractivity contribution is 7.99. The number of aromatic nitrogens is 2. The maximum Gasteiger partial charge on any atom is 0.336 e. The lowest BCUT2D eigenvalue weighted by Gasteiger charge is -2.29. The van der Waals surface area contributed by atoms with Crippen molar-refractivity contribution in [1.29, 1.82) is 0 Å². The standard InChI is InChI=1S/C20H23N3O4S/c1-5-27-13-10-8-7-9-12(13)15-14(19(25)26-4)11(3)21-17-16(15)18(24)23-20(22-17)28-6-2/h7-10,15H,5-6H2,1-4H3,(H2,21,22,23,24). The Morgan fingerprint density at radius 1 is 1.29 bits per heavy atom. The van der Waals surface area contributed by atoms with Crippen LogP contribution in [0.4, 0.5) is 5.82 Å². The summed E-state index contributed by atoms with van der Waals surface area (Å²) in [5.41, 5.74) is 1.76. The fourth-order valence-electron chi connectivity index (χ4n) is 3.33. The maximum atomic E-state index is 13.0. The van der Waals surface area contributed by atoms with E-state index >= 15 is 0 Å². The van der Waals surface area contributed by atoms with Gasteiger partial charge in [0.25, 0.3) is 5.56 Å². The molecule has 2 heterocycles. The zero-order valence-electron chi connectivity index (χ0n) is 16.3. The predicted octanol–water partition coefficient (Wildman–Crippen LogP) is 3.29. The Morgan fingerprint density at radius 3 is 2.71 bits per heavy atom. The second-order valence-corrected chi connectivity index (χ2v) is 7.38. The van der Waals surface area contributed by atoms with Crippen LogP contribution in [-0.4, -0.2) is 35.4 Å². The summed E-state index contributed by atoms with van der Waals surface area (Å²) in [4.78, 5) is 33.0. The zero-order chi connectivity index (χ0) is 20.3. The number of ether oxygens (including phenoxy) is 2. The molecule has 28 heavy (non-hydrogen) atoms. The number of H-pyrrole nitrogens is 1. The number of thioether (sulfide) groups is 1. The first-order chi connectivity index (χ1) is 13.5. The molecule has 7 nitrogen and oxygen atoms in total. The Labute approximate surface area is 167 Å². The Morgan fingerprint density at radius 2 is 2.04 bits per heavy atom. The molecule has 1 atom stereocenters. The molecule has 0 saturated carbocycles. The molecule has 148 valence electrons. The molecular weight excluding hydrogens is 378 g/mol. The highest BCUT2D eigenvalue weighted by Crippen LogP contribution is 2.43. The summed E-state index contributed by atoms with van der Waals surface area (Å²) in [5.74, 6) is 0.687. The van der Waals surface area contributed by atoms with Crippen molar-refractivity contribution in [3.05, 3.63) is 57.0 Å². The highest BCUT2D eigenvalue weighted by atomic mass is 32.2. The molecule has 8 heteroatoms. The predicted molar refractivity (Wildman–Crippen MR) is 109 cm³/mol. The second kappa shape index (κ2) is 8.52. The number of carbonyl (C=O) groups excluding carboxylic acids is 1. The quantitative estimate of drug-likeness (QED) is 0.436. The number of nitrogens with one attached hydrogen (secondary N) is 2. The summed E-state index contributed by atoms with van der Waals surface area (Å²) in [6.07, 6.45) is 0. The fraction of sp³-hybridized carbons (Fsp3) is 0.350. The van der Waals surface area contributed by atoms with E-state index in [1.54, 1.807) is 6.92 Å². The number of methoxy groups -OCH3 is 1. The molecule has 1 aliphatic heterocycles. The van der Waals surface area contributed by atoms with Crippen molar-refractivity contribution < 1.29 is 14.3 Å². The lowest BCUT2D eigenvalue weighted by molar-refractivity contribution is -0.136. The van der Waals surface area contributed by atoms with E-state index in [2.05, 4.69) is 15.3 Å². The highest BCUT2D eigenvalue weighted by Gasteiger charge is 2.37. The monoisotopic (exact) mass is 401 g/mol. The van der Waals surface area contributed by atoms with Crippen molar-refractivity contribution in [1.82, 2.24) is 9.97 Å². The number of esters is 1. The molecule has 1 aromatic carbocycles. The number of allylic oxidation sites excluding steroid dienone is 1. The van der Waals surface area contributed by atoms with Gasteiger partial charge in [-0.2, -0.15) is 0 Å². The number of hydrogen-bond acceptors (Lipinski definition) is 7. The van der Waals surface area contributed by atoms with Crippen LogP contribution >= 0.6 is 11.8 Å². The van der Waals surface area contributed by atoms with Crippen LogP contribution in [-0.2, 0) is 9.53 Å². The van der Waals surface area contributed by atoms with Crippen molar-refractivity contribution in [2.24, 2.45) is 0 Å². The van der Waals surface area contributed by atoms with Crippen molar-refractivity contribution in [2.75, 3.05) is 24.8 Å². The van der Waals surface area contributed by atoms with E-state index in [-0.39, 0.29) is 5.56 Å². The van der Waals surface area contributed by atoms with Crippen LogP contribution in [0.25, 0.3) is 0 Å². The van der Waals surface area contributed by atoms with Gasteiger partial charge in [0.15, 0.2) is 5.16 Å². The van der Waals surface area contributed by atoms with E-state index in [0.717, 1.165) is 11.3 Å². The minimum absolute atomic E-state index is 0.293. The van der Waals surface area contributed by atoms with Gasteiger partial charge in [-0.3, -0.25) is 4.79 Å². The topological polar surface area (TPSA) is 93.3 Å². The molecule has 1 unspecified atom stereocenters. The van der Waals surface area contributed by atoms with Crippen molar-refractivity contribution in [2.45, 2.75) is 31.8 Å². The molecule has 0 saturated heterocycles. The van der Waals surface area contributed by atoms with Gasteiger partial charge in [0.2, 0.25) is 0 Å². The van der Waals surface area contributed by atoms with Crippen LogP contribution in [0.2, 0.25) is 0 Å². The summed E-state index contributed by atoms with van der Waals surface area (Å²) in [7, 11) is 1.33. The van der Waals surface area contributed by atoms with E-state index in [4.69, 9.17) is 9.47 Å². The summed E-state index contributed by atoms with van der Waals surface area (Å²) in [6, 6.07) is 7.39. The Kier molecular flexibility index (Phi) is 6.08. The van der Waals surface area contributed by atoms with Gasteiger partial charge in [-0.05, 0) is 25.7 Å². The molecular formula is C20H23N3O4S. The number of carbonyl (C=O) groups is 1. The number of rotatable bonds is 6. The normalized spacial score (nSPS) is 15.6. The van der Waals surface area contributed by atoms with Crippen molar-refractivity contribution >= 4 is 23.5 Å². The summed E-state index contributed by atoms with van der Waals surface area (Å²) in [5, 5.41) is 3.64. The zero-order valence-corrected chi connectivity index (χ0v) is 17.1. The molecule has 0 radical (unpaired) electrons. The van der Waals surface area contributed by atoms with E-state index in [9.17, 15) is 9.59 Å². The molecule has 3 rings (SSSR count). The summed E-state index contributed by atoms with van der Waals surface area (Å²) < 4.78 is 10.8. The lowest BCUT2D eigenvalue weighted by Crippen LogP contribution is -2.31. The SMILES string of the molecule is CCOc1ccccc1C1C(C(=O)OC)=C(C)Nc2nc(SCC)[nH]c(=O)c21. The van der Waals surface area contributed by atoms with Crippen LogP contribution in [0.5, 0.6) is 5.75 Å². The van der Waals surface area contributed by atoms with Crippen LogP contribution in [0.15, 0.2) is 45.5 Å². The van der Waals surface area contributed by atoms with E-state index < -0.39 is 11.9 Å². The smallest absolute Gasteiger partial charge is 0.336 e. The average Bonchev–Trinajstić information content (AvgIpc) is 2.67. The second-order valence-electron chi connectivity index (χ2n) is 6.13. The lowest BCUT2D eigenvalue weighted by atomic mass is 9.82. The van der Waals surface area contributed by atoms with Gasteiger partial charge in [0.1, 0.15) is 11.6 Å². The number of nitrogens with zero attached hydrogens (tertiary/aromatic N) is 1. The maximum absolute atomic E-state index is 13.0. The first-order valence-corrected chi connectivity index (χ1v) is 10.0. The number of benzene rings is 1. The third kappa shape index (κ3) is 3.64. The van der Waals surface area contributed by atoms with Crippen LogP contribution in [0.3, 0.4) is 0 Å². The van der Waals surface area contributed by atoms with Gasteiger partial charge in [-0.25, -0.2) is 9.78 Å². The molecule has 2 N–H and O–H groups in total. The Bertz CT molecular complexity index is 984. The van der Waals surface area contributed by atoms with Gasteiger partial charge >= 0.3 is 5.97 Å². The van der Waals surface area contributed by atoms with Gasteiger partial charge in [-0.1, -0.05) is 36.9 Å². The third-order valence-electron chi connectivity index (χ3n) is 4.44. The van der Waals surface area contributed by atoms with Gasteiger partial charge in [-0.15, -0.1) is 0 Å². The van der Waals surface area contributed by atoms with E-state index in [1.807, 2.05) is 38.1 Å². The number of aromatic amines is 1. The number of para-hydroxylation sites is 1. The van der Waals surface area contributed by atoms with Crippen molar-refractivity contribution in [3.63, 3.8) is 0 Å². The van der Waals surface area contributed by atoms with E-state index in [1.165, 1.54) is 18.9 Å². The summed E-state index contributed by atoms with van der Waals surface area (Å²) in [6.45, 7) is 6.12. The van der Waals surface area contributed by atoms with Gasteiger partial charge in [0.05, 0.1) is 30.8 Å². The molecule has 0 fully saturated rings. The van der Waals surface area contributed by atoms with Gasteiger partial charge < -0.3 is 19.8 Å². The third-order valence-corrected chi connectivity index (χ3v) is 5.19.